The molecular formula is C15H22N4O4S. The number of hydrogen-bond donors (Lipinski definition) is 0. The molecule has 132 valence electrons. The normalized spacial score (nSPS) is 23.4. The van der Waals surface area contributed by atoms with Gasteiger partial charge in [0.05, 0.1) is 12.8 Å². The Hall–Kier alpha value is -1.74. The molecule has 2 aliphatic rings. The molecular weight excluding hydrogens is 332 g/mol. The second kappa shape index (κ2) is 7.02. The molecule has 1 unspecified atom stereocenters. The molecule has 0 spiro atoms. The minimum atomic E-state index is -3.16. The number of sulfonamides is 1. The molecule has 1 aromatic heterocycles. The third-order valence-electron chi connectivity index (χ3n) is 4.56. The molecule has 24 heavy (non-hydrogen) atoms. The Morgan fingerprint density at radius 3 is 2.62 bits per heavy atom. The lowest BCUT2D eigenvalue weighted by molar-refractivity contribution is -0.135. The van der Waals surface area contributed by atoms with Crippen LogP contribution in [-0.4, -0.2) is 72.3 Å². The van der Waals surface area contributed by atoms with Crippen molar-refractivity contribution >= 4 is 15.9 Å². The van der Waals surface area contributed by atoms with Gasteiger partial charge >= 0.3 is 0 Å². The molecule has 0 aromatic carbocycles. The lowest BCUT2D eigenvalue weighted by Gasteiger charge is -2.31. The number of ether oxygens (including phenoxy) is 1. The zero-order valence-corrected chi connectivity index (χ0v) is 14.5. The number of carbonyl (C=O) groups excluding carboxylic acids is 1. The molecule has 2 saturated heterocycles. The Balaban J connectivity index is 1.50. The maximum Gasteiger partial charge on any atom is 0.233 e. The Morgan fingerprint density at radius 1 is 1.25 bits per heavy atom. The van der Waals surface area contributed by atoms with Gasteiger partial charge in [0.15, 0.2) is 0 Å². The lowest BCUT2D eigenvalue weighted by atomic mass is 9.97. The van der Waals surface area contributed by atoms with E-state index in [2.05, 4.69) is 10.2 Å². The van der Waals surface area contributed by atoms with Crippen LogP contribution in [-0.2, 0) is 14.8 Å². The molecule has 1 atom stereocenters. The maximum absolute atomic E-state index is 12.6. The van der Waals surface area contributed by atoms with Crippen LogP contribution in [0.25, 0.3) is 0 Å². The highest BCUT2D eigenvalue weighted by atomic mass is 32.2. The summed E-state index contributed by atoms with van der Waals surface area (Å²) in [5, 5.41) is 7.67. The number of piperidine rings is 1. The number of likely N-dealkylation sites (tertiary alicyclic amines) is 1. The number of rotatable bonds is 4. The summed E-state index contributed by atoms with van der Waals surface area (Å²) in [5.41, 5.74) is 0. The van der Waals surface area contributed by atoms with Crippen LogP contribution in [0.5, 0.6) is 5.88 Å². The van der Waals surface area contributed by atoms with Gasteiger partial charge in [0, 0.05) is 44.2 Å². The van der Waals surface area contributed by atoms with E-state index < -0.39 is 10.0 Å². The monoisotopic (exact) mass is 354 g/mol. The van der Waals surface area contributed by atoms with Gasteiger partial charge in [-0.15, -0.1) is 5.10 Å². The molecule has 0 saturated carbocycles. The molecule has 2 fully saturated rings. The van der Waals surface area contributed by atoms with Crippen LogP contribution in [0.2, 0.25) is 0 Å². The summed E-state index contributed by atoms with van der Waals surface area (Å²) in [6, 6.07) is 3.51. The van der Waals surface area contributed by atoms with Crippen molar-refractivity contribution in [3.05, 3.63) is 18.3 Å². The summed E-state index contributed by atoms with van der Waals surface area (Å²) in [6.07, 6.45) is 4.66. The molecule has 0 N–H and O–H groups in total. The molecule has 3 rings (SSSR count). The van der Waals surface area contributed by atoms with Crippen molar-refractivity contribution in [3.8, 4) is 5.88 Å². The van der Waals surface area contributed by atoms with Crippen molar-refractivity contribution in [1.29, 1.82) is 0 Å². The number of carbonyl (C=O) groups is 1. The van der Waals surface area contributed by atoms with Crippen LogP contribution >= 0.6 is 0 Å². The molecule has 0 bridgehead atoms. The van der Waals surface area contributed by atoms with E-state index in [0.29, 0.717) is 44.9 Å². The third-order valence-corrected chi connectivity index (χ3v) is 5.87. The molecule has 9 heteroatoms. The maximum atomic E-state index is 12.6. The van der Waals surface area contributed by atoms with Gasteiger partial charge in [-0.1, -0.05) is 0 Å². The fraction of sp³-hybridized carbons (Fsp3) is 0.667. The van der Waals surface area contributed by atoms with Gasteiger partial charge in [-0.2, -0.15) is 5.10 Å². The predicted molar refractivity (Wildman–Crippen MR) is 86.8 cm³/mol. The van der Waals surface area contributed by atoms with Gasteiger partial charge in [0.25, 0.3) is 0 Å². The predicted octanol–water partition coefficient (Wildman–Crippen LogP) is 0.128. The van der Waals surface area contributed by atoms with Crippen molar-refractivity contribution in [1.82, 2.24) is 19.4 Å². The van der Waals surface area contributed by atoms with Gasteiger partial charge in [0.2, 0.25) is 21.8 Å². The molecule has 8 nitrogen and oxygen atoms in total. The first-order valence-corrected chi connectivity index (χ1v) is 9.96. The molecule has 1 aromatic rings. The molecule has 1 amide bonds. The van der Waals surface area contributed by atoms with E-state index in [-0.39, 0.29) is 17.9 Å². The first-order chi connectivity index (χ1) is 11.4. The van der Waals surface area contributed by atoms with E-state index in [1.165, 1.54) is 10.6 Å². The zero-order chi connectivity index (χ0) is 17.2. The van der Waals surface area contributed by atoms with Crippen molar-refractivity contribution in [2.45, 2.75) is 25.4 Å². The minimum Gasteiger partial charge on any atom is -0.471 e. The Labute approximate surface area is 141 Å². The van der Waals surface area contributed by atoms with Crippen LogP contribution < -0.4 is 4.74 Å². The first kappa shape index (κ1) is 17.1. The lowest BCUT2D eigenvalue weighted by Crippen LogP contribution is -2.43. The molecule has 3 heterocycles. The van der Waals surface area contributed by atoms with Crippen molar-refractivity contribution < 1.29 is 17.9 Å². The SMILES string of the molecule is CS(=O)(=O)N1CCC(C(=O)N2CCC(Oc3cccnn3)C2)CC1. The van der Waals surface area contributed by atoms with Crippen LogP contribution in [0, 0.1) is 5.92 Å². The van der Waals surface area contributed by atoms with Crippen molar-refractivity contribution in [2.24, 2.45) is 5.92 Å². The molecule has 2 aliphatic heterocycles. The number of hydrogen-bond acceptors (Lipinski definition) is 6. The standard InChI is InChI=1S/C15H22N4O4S/c1-24(21,22)19-9-4-12(5-10-19)15(20)18-8-6-13(11-18)23-14-3-2-7-16-17-14/h2-3,7,12-13H,4-6,8-11H2,1H3. The third kappa shape index (κ3) is 4.02. The van der Waals surface area contributed by atoms with Crippen LogP contribution in [0.1, 0.15) is 19.3 Å². The van der Waals surface area contributed by atoms with Crippen molar-refractivity contribution in [2.75, 3.05) is 32.4 Å². The molecule has 0 radical (unpaired) electrons. The summed E-state index contributed by atoms with van der Waals surface area (Å²) >= 11 is 0. The topological polar surface area (TPSA) is 92.7 Å². The van der Waals surface area contributed by atoms with Gasteiger partial charge in [-0.25, -0.2) is 12.7 Å². The van der Waals surface area contributed by atoms with E-state index >= 15 is 0 Å². The largest absolute Gasteiger partial charge is 0.471 e. The van der Waals surface area contributed by atoms with E-state index in [9.17, 15) is 13.2 Å². The Morgan fingerprint density at radius 2 is 2.00 bits per heavy atom. The average molecular weight is 354 g/mol. The second-order valence-electron chi connectivity index (χ2n) is 6.31. The van der Waals surface area contributed by atoms with E-state index in [0.717, 1.165) is 6.42 Å². The van der Waals surface area contributed by atoms with E-state index in [1.807, 2.05) is 4.90 Å². The Bertz CT molecular complexity index is 674. The Kier molecular flexibility index (Phi) is 5.00. The van der Waals surface area contributed by atoms with Crippen molar-refractivity contribution in [3.63, 3.8) is 0 Å². The summed E-state index contributed by atoms with van der Waals surface area (Å²) in [4.78, 5) is 14.5. The first-order valence-electron chi connectivity index (χ1n) is 8.12. The number of aromatic nitrogens is 2. The van der Waals surface area contributed by atoms with E-state index in [4.69, 9.17) is 4.74 Å². The number of amides is 1. The molecule has 0 aliphatic carbocycles. The van der Waals surface area contributed by atoms with Crippen LogP contribution in [0.3, 0.4) is 0 Å². The summed E-state index contributed by atoms with van der Waals surface area (Å²) < 4.78 is 30.3. The van der Waals surface area contributed by atoms with Gasteiger partial charge in [0.1, 0.15) is 6.10 Å². The highest BCUT2D eigenvalue weighted by Crippen LogP contribution is 2.24. The minimum absolute atomic E-state index is 0.0678. The quantitative estimate of drug-likeness (QED) is 0.763. The fourth-order valence-electron chi connectivity index (χ4n) is 3.24. The van der Waals surface area contributed by atoms with E-state index in [1.54, 1.807) is 18.3 Å². The van der Waals surface area contributed by atoms with Gasteiger partial charge < -0.3 is 9.64 Å². The summed E-state index contributed by atoms with van der Waals surface area (Å²) in [7, 11) is -3.16. The van der Waals surface area contributed by atoms with Crippen LogP contribution in [0.4, 0.5) is 0 Å². The highest BCUT2D eigenvalue weighted by molar-refractivity contribution is 7.88. The zero-order valence-electron chi connectivity index (χ0n) is 13.7. The van der Waals surface area contributed by atoms with Gasteiger partial charge in [-0.3, -0.25) is 4.79 Å². The van der Waals surface area contributed by atoms with Gasteiger partial charge in [-0.05, 0) is 18.9 Å². The fourth-order valence-corrected chi connectivity index (χ4v) is 4.11. The average Bonchev–Trinajstić information content (AvgIpc) is 3.03. The summed E-state index contributed by atoms with van der Waals surface area (Å²) in [6.45, 7) is 2.04. The number of nitrogens with zero attached hydrogens (tertiary/aromatic N) is 4. The van der Waals surface area contributed by atoms with Crippen LogP contribution in [0.15, 0.2) is 18.3 Å². The summed E-state index contributed by atoms with van der Waals surface area (Å²) in [5.74, 6) is 0.477. The highest BCUT2D eigenvalue weighted by Gasteiger charge is 2.35. The smallest absolute Gasteiger partial charge is 0.233 e. The second-order valence-corrected chi connectivity index (χ2v) is 8.29.